The highest BCUT2D eigenvalue weighted by Gasteiger charge is 2.09. The molecule has 2 rings (SSSR count). The third kappa shape index (κ3) is 6.56. The molecule has 2 aromatic rings. The number of hydrogen-bond donors (Lipinski definition) is 3. The smallest absolute Gasteiger partial charge is 0.308 e. The van der Waals surface area contributed by atoms with Crippen molar-refractivity contribution in [2.75, 3.05) is 18.4 Å². The first-order valence-electron chi connectivity index (χ1n) is 8.57. The Kier molecular flexibility index (Phi) is 7.27. The number of carbonyl (C=O) groups is 4. The summed E-state index contributed by atoms with van der Waals surface area (Å²) in [4.78, 5) is 46.4. The third-order valence-corrected chi connectivity index (χ3v) is 3.50. The number of ether oxygens (including phenoxy) is 1. The molecule has 0 saturated carbocycles. The first-order valence-corrected chi connectivity index (χ1v) is 8.57. The highest BCUT2D eigenvalue weighted by atomic mass is 16.5. The van der Waals surface area contributed by atoms with E-state index in [0.29, 0.717) is 16.8 Å². The second-order valence-electron chi connectivity index (χ2n) is 5.90. The van der Waals surface area contributed by atoms with Gasteiger partial charge in [-0.05, 0) is 36.4 Å². The minimum absolute atomic E-state index is 0.216. The van der Waals surface area contributed by atoms with Gasteiger partial charge in [-0.15, -0.1) is 0 Å². The van der Waals surface area contributed by atoms with E-state index in [1.54, 1.807) is 42.5 Å². The molecule has 0 aromatic heterocycles. The summed E-state index contributed by atoms with van der Waals surface area (Å²) in [5, 5.41) is 7.97. The van der Waals surface area contributed by atoms with Crippen molar-refractivity contribution in [1.82, 2.24) is 10.6 Å². The predicted molar refractivity (Wildman–Crippen MR) is 103 cm³/mol. The van der Waals surface area contributed by atoms with Crippen molar-refractivity contribution < 1.29 is 23.9 Å². The molecule has 3 N–H and O–H groups in total. The second-order valence-corrected chi connectivity index (χ2v) is 5.90. The molecule has 0 aliphatic carbocycles. The van der Waals surface area contributed by atoms with Crippen molar-refractivity contribution in [3.63, 3.8) is 0 Å². The van der Waals surface area contributed by atoms with Crippen molar-refractivity contribution >= 4 is 29.4 Å². The normalized spacial score (nSPS) is 9.93. The van der Waals surface area contributed by atoms with Crippen LogP contribution in [-0.4, -0.2) is 36.8 Å². The van der Waals surface area contributed by atoms with E-state index < -0.39 is 5.97 Å². The lowest BCUT2D eigenvalue weighted by molar-refractivity contribution is -0.131. The lowest BCUT2D eigenvalue weighted by Gasteiger charge is -2.09. The van der Waals surface area contributed by atoms with E-state index in [-0.39, 0.29) is 36.6 Å². The molecule has 0 heterocycles. The zero-order valence-electron chi connectivity index (χ0n) is 15.6. The monoisotopic (exact) mass is 383 g/mol. The first-order chi connectivity index (χ1) is 13.3. The largest absolute Gasteiger partial charge is 0.427 e. The van der Waals surface area contributed by atoms with Crippen LogP contribution in [0.15, 0.2) is 48.5 Å². The molecule has 0 unspecified atom stereocenters. The summed E-state index contributed by atoms with van der Waals surface area (Å²) in [6.07, 6.45) is 0. The van der Waals surface area contributed by atoms with E-state index in [4.69, 9.17) is 4.74 Å². The highest BCUT2D eigenvalue weighted by Crippen LogP contribution is 2.13. The van der Waals surface area contributed by atoms with Crippen LogP contribution >= 0.6 is 0 Å². The fourth-order valence-corrected chi connectivity index (χ4v) is 2.36. The first kappa shape index (κ1) is 20.6. The molecule has 0 atom stereocenters. The minimum Gasteiger partial charge on any atom is -0.427 e. The zero-order chi connectivity index (χ0) is 20.5. The van der Waals surface area contributed by atoms with Gasteiger partial charge in [-0.2, -0.15) is 0 Å². The van der Waals surface area contributed by atoms with Gasteiger partial charge in [0.2, 0.25) is 5.91 Å². The molecule has 0 radical (unpaired) electrons. The molecule has 28 heavy (non-hydrogen) atoms. The topological polar surface area (TPSA) is 114 Å². The Hall–Kier alpha value is -3.68. The van der Waals surface area contributed by atoms with Crippen LogP contribution < -0.4 is 20.7 Å². The molecule has 0 fully saturated rings. The summed E-state index contributed by atoms with van der Waals surface area (Å²) < 4.78 is 4.94. The molecule has 146 valence electrons. The molecule has 2 aromatic carbocycles. The summed E-state index contributed by atoms with van der Waals surface area (Å²) >= 11 is 0. The number of hydrogen-bond acceptors (Lipinski definition) is 5. The Morgan fingerprint density at radius 1 is 0.821 bits per heavy atom. The van der Waals surface area contributed by atoms with E-state index in [1.165, 1.54) is 19.9 Å². The molecule has 0 bridgehead atoms. The Bertz CT molecular complexity index is 821. The van der Waals surface area contributed by atoms with Crippen LogP contribution in [0.25, 0.3) is 0 Å². The van der Waals surface area contributed by atoms with Crippen LogP contribution in [-0.2, 0) is 9.59 Å². The van der Waals surface area contributed by atoms with Gasteiger partial charge < -0.3 is 20.7 Å². The molecule has 3 amide bonds. The summed E-state index contributed by atoms with van der Waals surface area (Å²) in [6.45, 7) is 3.10. The number of esters is 1. The summed E-state index contributed by atoms with van der Waals surface area (Å²) in [5.41, 5.74) is 1.26. The number of carbonyl (C=O) groups excluding carboxylic acids is 4. The van der Waals surface area contributed by atoms with Gasteiger partial charge in [-0.3, -0.25) is 19.2 Å². The Morgan fingerprint density at radius 2 is 1.39 bits per heavy atom. The van der Waals surface area contributed by atoms with Gasteiger partial charge >= 0.3 is 5.97 Å². The molecule has 0 saturated heterocycles. The summed E-state index contributed by atoms with van der Waals surface area (Å²) in [5.74, 6) is -1.08. The van der Waals surface area contributed by atoms with Gasteiger partial charge in [0, 0.05) is 43.8 Å². The quantitative estimate of drug-likeness (QED) is 0.383. The molecule has 8 heteroatoms. The minimum atomic E-state index is -0.470. The molecule has 0 aliphatic rings. The lowest BCUT2D eigenvalue weighted by atomic mass is 10.2. The average molecular weight is 383 g/mol. The highest BCUT2D eigenvalue weighted by molar-refractivity contribution is 5.97. The Labute approximate surface area is 162 Å². The van der Waals surface area contributed by atoms with Gasteiger partial charge in [-0.25, -0.2) is 0 Å². The van der Waals surface area contributed by atoms with Crippen LogP contribution in [0.3, 0.4) is 0 Å². The predicted octanol–water partition coefficient (Wildman–Crippen LogP) is 1.73. The Morgan fingerprint density at radius 3 is 1.96 bits per heavy atom. The molecule has 0 aliphatic heterocycles. The Balaban J connectivity index is 1.82. The maximum Gasteiger partial charge on any atom is 0.308 e. The fourth-order valence-electron chi connectivity index (χ4n) is 2.36. The standard InChI is InChI=1S/C20H21N3O5/c1-13(24)23-17-7-3-5-15(11-17)19(26)21-9-10-22-20(27)16-6-4-8-18(12-16)28-14(2)25/h3-8,11-12H,9-10H2,1-2H3,(H,21,26)(H,22,27)(H,23,24). The number of benzene rings is 2. The van der Waals surface area contributed by atoms with Crippen molar-refractivity contribution in [2.24, 2.45) is 0 Å². The number of amides is 3. The van der Waals surface area contributed by atoms with E-state index in [9.17, 15) is 19.2 Å². The fraction of sp³-hybridized carbons (Fsp3) is 0.200. The van der Waals surface area contributed by atoms with Gasteiger partial charge in [0.25, 0.3) is 11.8 Å². The number of anilines is 1. The molecule has 8 nitrogen and oxygen atoms in total. The maximum absolute atomic E-state index is 12.2. The van der Waals surface area contributed by atoms with Gasteiger partial charge in [0.1, 0.15) is 5.75 Å². The van der Waals surface area contributed by atoms with Crippen LogP contribution in [0.1, 0.15) is 34.6 Å². The van der Waals surface area contributed by atoms with Crippen molar-refractivity contribution in [1.29, 1.82) is 0 Å². The van der Waals surface area contributed by atoms with Crippen LogP contribution in [0.4, 0.5) is 5.69 Å². The average Bonchev–Trinajstić information content (AvgIpc) is 2.64. The molecular formula is C20H21N3O5. The van der Waals surface area contributed by atoms with E-state index in [1.807, 2.05) is 0 Å². The number of rotatable bonds is 7. The zero-order valence-corrected chi connectivity index (χ0v) is 15.6. The van der Waals surface area contributed by atoms with Crippen LogP contribution in [0.5, 0.6) is 5.75 Å². The lowest BCUT2D eigenvalue weighted by Crippen LogP contribution is -2.34. The van der Waals surface area contributed by atoms with Crippen LogP contribution in [0, 0.1) is 0 Å². The van der Waals surface area contributed by atoms with E-state index in [2.05, 4.69) is 16.0 Å². The van der Waals surface area contributed by atoms with Gasteiger partial charge in [-0.1, -0.05) is 12.1 Å². The van der Waals surface area contributed by atoms with Gasteiger partial charge in [0.15, 0.2) is 0 Å². The van der Waals surface area contributed by atoms with Gasteiger partial charge in [0.05, 0.1) is 0 Å². The summed E-state index contributed by atoms with van der Waals surface area (Å²) in [7, 11) is 0. The van der Waals surface area contributed by atoms with Crippen molar-refractivity contribution in [3.05, 3.63) is 59.7 Å². The van der Waals surface area contributed by atoms with Crippen molar-refractivity contribution in [3.8, 4) is 5.75 Å². The second kappa shape index (κ2) is 9.86. The van der Waals surface area contributed by atoms with Crippen molar-refractivity contribution in [2.45, 2.75) is 13.8 Å². The summed E-state index contributed by atoms with van der Waals surface area (Å²) in [6, 6.07) is 12.8. The number of nitrogens with one attached hydrogen (secondary N) is 3. The molecule has 0 spiro atoms. The third-order valence-electron chi connectivity index (χ3n) is 3.50. The maximum atomic E-state index is 12.2. The SMILES string of the molecule is CC(=O)Nc1cccc(C(=O)NCCNC(=O)c2cccc(OC(C)=O)c2)c1. The molecular weight excluding hydrogens is 362 g/mol. The van der Waals surface area contributed by atoms with E-state index in [0.717, 1.165) is 0 Å². The van der Waals surface area contributed by atoms with E-state index >= 15 is 0 Å². The van der Waals surface area contributed by atoms with Crippen LogP contribution in [0.2, 0.25) is 0 Å².